The Morgan fingerprint density at radius 2 is 2.00 bits per heavy atom. The molecule has 0 aliphatic carbocycles. The topological polar surface area (TPSA) is 110 Å². The highest BCUT2D eigenvalue weighted by Gasteiger charge is 2.13. The molecule has 0 spiro atoms. The molecular formula is C13H17NO6S. The number of nitrogens with one attached hydrogen (secondary N) is 1. The van der Waals surface area contributed by atoms with Crippen molar-refractivity contribution in [3.8, 4) is 0 Å². The van der Waals surface area contributed by atoms with Gasteiger partial charge in [0, 0.05) is 12.1 Å². The fourth-order valence-electron chi connectivity index (χ4n) is 1.71. The summed E-state index contributed by atoms with van der Waals surface area (Å²) in [4.78, 5) is 21.8. The molecule has 0 saturated carbocycles. The second kappa shape index (κ2) is 7.07. The summed E-state index contributed by atoms with van der Waals surface area (Å²) in [5.74, 6) is -1.76. The number of carboxylic acids is 1. The number of carbonyl (C=O) groups excluding carboxylic acids is 1. The van der Waals surface area contributed by atoms with Crippen LogP contribution in [0, 0.1) is 6.92 Å². The molecule has 7 nitrogen and oxygen atoms in total. The molecule has 0 fully saturated rings. The number of benzene rings is 1. The normalized spacial score (nSPS) is 11.0. The number of sulfonamides is 1. The van der Waals surface area contributed by atoms with E-state index in [0.29, 0.717) is 5.56 Å². The number of ether oxygens (including phenoxy) is 1. The summed E-state index contributed by atoms with van der Waals surface area (Å²) in [6, 6.07) is 4.17. The quantitative estimate of drug-likeness (QED) is 0.736. The Morgan fingerprint density at radius 3 is 2.52 bits per heavy atom. The van der Waals surface area contributed by atoms with Gasteiger partial charge in [-0.2, -0.15) is 0 Å². The predicted octanol–water partition coefficient (Wildman–Crippen LogP) is 1.39. The first-order valence-corrected chi connectivity index (χ1v) is 7.81. The second-order valence-corrected chi connectivity index (χ2v) is 6.28. The number of hydrogen-bond donors (Lipinski definition) is 2. The van der Waals surface area contributed by atoms with Crippen molar-refractivity contribution in [1.29, 1.82) is 0 Å². The van der Waals surface area contributed by atoms with E-state index in [9.17, 15) is 18.0 Å². The minimum absolute atomic E-state index is 0.0222. The third-order valence-electron chi connectivity index (χ3n) is 2.75. The third-order valence-corrected chi connectivity index (χ3v) is 4.12. The number of esters is 1. The fourth-order valence-corrected chi connectivity index (χ4v) is 2.82. The van der Waals surface area contributed by atoms with E-state index in [2.05, 4.69) is 9.46 Å². The van der Waals surface area contributed by atoms with Gasteiger partial charge in [0.15, 0.2) is 0 Å². The maximum absolute atomic E-state index is 11.8. The number of methoxy groups -OCH3 is 1. The third kappa shape index (κ3) is 5.42. The number of aryl methyl sites for hydroxylation is 1. The molecule has 0 unspecified atom stereocenters. The SMILES string of the molecule is COC(=O)CCCS(=O)(=O)Nc1ccc(C(=O)O)c(C)c1. The zero-order valence-corrected chi connectivity index (χ0v) is 12.6. The van der Waals surface area contributed by atoms with Crippen LogP contribution in [0.2, 0.25) is 0 Å². The number of hydrogen-bond acceptors (Lipinski definition) is 5. The largest absolute Gasteiger partial charge is 0.478 e. The van der Waals surface area contributed by atoms with Gasteiger partial charge in [-0.05, 0) is 37.1 Å². The van der Waals surface area contributed by atoms with Gasteiger partial charge in [0.05, 0.1) is 18.4 Å². The first-order chi connectivity index (χ1) is 9.75. The molecule has 0 aliphatic heterocycles. The standard InChI is InChI=1S/C13H17NO6S/c1-9-8-10(5-6-11(9)13(16)17)14-21(18,19)7-3-4-12(15)20-2/h5-6,8,14H,3-4,7H2,1-2H3,(H,16,17). The summed E-state index contributed by atoms with van der Waals surface area (Å²) in [7, 11) is -2.36. The van der Waals surface area contributed by atoms with Crippen molar-refractivity contribution in [1.82, 2.24) is 0 Å². The smallest absolute Gasteiger partial charge is 0.335 e. The Kier molecular flexibility index (Phi) is 5.71. The highest BCUT2D eigenvalue weighted by molar-refractivity contribution is 7.92. The van der Waals surface area contributed by atoms with Gasteiger partial charge < -0.3 is 9.84 Å². The molecule has 0 amide bonds. The second-order valence-electron chi connectivity index (χ2n) is 4.44. The van der Waals surface area contributed by atoms with Crippen molar-refractivity contribution >= 4 is 27.6 Å². The molecule has 8 heteroatoms. The van der Waals surface area contributed by atoms with E-state index in [1.807, 2.05) is 0 Å². The van der Waals surface area contributed by atoms with E-state index in [0.717, 1.165) is 0 Å². The maximum atomic E-state index is 11.8. The van der Waals surface area contributed by atoms with E-state index in [1.54, 1.807) is 6.92 Å². The van der Waals surface area contributed by atoms with Crippen molar-refractivity contribution in [2.45, 2.75) is 19.8 Å². The monoisotopic (exact) mass is 315 g/mol. The predicted molar refractivity (Wildman–Crippen MR) is 76.8 cm³/mol. The summed E-state index contributed by atoms with van der Waals surface area (Å²) in [5, 5.41) is 8.90. The zero-order chi connectivity index (χ0) is 16.0. The summed E-state index contributed by atoms with van der Waals surface area (Å²) >= 11 is 0. The lowest BCUT2D eigenvalue weighted by Gasteiger charge is -2.09. The van der Waals surface area contributed by atoms with Crippen LogP contribution in [0.15, 0.2) is 18.2 Å². The van der Waals surface area contributed by atoms with Crippen LogP contribution in [0.25, 0.3) is 0 Å². The number of anilines is 1. The minimum atomic E-state index is -3.59. The molecule has 2 N–H and O–H groups in total. The molecule has 0 saturated heterocycles. The Bertz CT molecular complexity index is 638. The van der Waals surface area contributed by atoms with Gasteiger partial charge in [0.2, 0.25) is 10.0 Å². The van der Waals surface area contributed by atoms with Gasteiger partial charge in [-0.1, -0.05) is 0 Å². The highest BCUT2D eigenvalue weighted by atomic mass is 32.2. The molecule has 1 aromatic carbocycles. The van der Waals surface area contributed by atoms with E-state index in [4.69, 9.17) is 5.11 Å². The van der Waals surface area contributed by atoms with Crippen LogP contribution in [0.4, 0.5) is 5.69 Å². The number of rotatable bonds is 7. The summed E-state index contributed by atoms with van der Waals surface area (Å²) in [6.07, 6.45) is 0.169. The Balaban J connectivity index is 2.69. The fraction of sp³-hybridized carbons (Fsp3) is 0.385. The van der Waals surface area contributed by atoms with Crippen LogP contribution >= 0.6 is 0 Å². The molecule has 1 rings (SSSR count). The molecular weight excluding hydrogens is 298 g/mol. The Hall–Kier alpha value is -2.09. The lowest BCUT2D eigenvalue weighted by molar-refractivity contribution is -0.140. The van der Waals surface area contributed by atoms with Crippen LogP contribution in [0.1, 0.15) is 28.8 Å². The van der Waals surface area contributed by atoms with Gasteiger partial charge >= 0.3 is 11.9 Å². The number of carbonyl (C=O) groups is 2. The molecule has 0 radical (unpaired) electrons. The molecule has 0 aromatic heterocycles. The van der Waals surface area contributed by atoms with E-state index >= 15 is 0 Å². The lowest BCUT2D eigenvalue weighted by atomic mass is 10.1. The zero-order valence-electron chi connectivity index (χ0n) is 11.8. The van der Waals surface area contributed by atoms with Crippen molar-refractivity contribution < 1.29 is 27.9 Å². The lowest BCUT2D eigenvalue weighted by Crippen LogP contribution is -2.18. The average molecular weight is 315 g/mol. The van der Waals surface area contributed by atoms with E-state index < -0.39 is 22.0 Å². The Labute approximate surface area is 123 Å². The van der Waals surface area contributed by atoms with Crippen molar-refractivity contribution in [3.63, 3.8) is 0 Å². The first kappa shape index (κ1) is 17.0. The molecule has 116 valence electrons. The Morgan fingerprint density at radius 1 is 1.33 bits per heavy atom. The van der Waals surface area contributed by atoms with Gasteiger partial charge in [-0.25, -0.2) is 13.2 Å². The van der Waals surface area contributed by atoms with Gasteiger partial charge in [-0.15, -0.1) is 0 Å². The average Bonchev–Trinajstić information content (AvgIpc) is 2.37. The number of aromatic carboxylic acids is 1. The summed E-state index contributed by atoms with van der Waals surface area (Å²) < 4.78 is 30.4. The van der Waals surface area contributed by atoms with Crippen LogP contribution in [0.5, 0.6) is 0 Å². The van der Waals surface area contributed by atoms with Crippen LogP contribution in [0.3, 0.4) is 0 Å². The van der Waals surface area contributed by atoms with E-state index in [-0.39, 0.29) is 29.8 Å². The van der Waals surface area contributed by atoms with Crippen molar-refractivity contribution in [2.75, 3.05) is 17.6 Å². The molecule has 0 bridgehead atoms. The van der Waals surface area contributed by atoms with Gasteiger partial charge in [0.1, 0.15) is 0 Å². The minimum Gasteiger partial charge on any atom is -0.478 e. The molecule has 0 atom stereocenters. The molecule has 21 heavy (non-hydrogen) atoms. The summed E-state index contributed by atoms with van der Waals surface area (Å²) in [5.41, 5.74) is 0.858. The van der Waals surface area contributed by atoms with Crippen LogP contribution < -0.4 is 4.72 Å². The molecule has 0 aliphatic rings. The molecule has 1 aromatic rings. The highest BCUT2D eigenvalue weighted by Crippen LogP contribution is 2.16. The van der Waals surface area contributed by atoms with Crippen molar-refractivity contribution in [2.24, 2.45) is 0 Å². The maximum Gasteiger partial charge on any atom is 0.335 e. The molecule has 0 heterocycles. The number of carboxylic acid groups (broad SMARTS) is 1. The van der Waals surface area contributed by atoms with Gasteiger partial charge in [0.25, 0.3) is 0 Å². The van der Waals surface area contributed by atoms with Crippen molar-refractivity contribution in [3.05, 3.63) is 29.3 Å². The summed E-state index contributed by atoms with van der Waals surface area (Å²) in [6.45, 7) is 1.58. The van der Waals surface area contributed by atoms with Crippen LogP contribution in [-0.2, 0) is 19.6 Å². The van der Waals surface area contributed by atoms with E-state index in [1.165, 1.54) is 25.3 Å². The first-order valence-electron chi connectivity index (χ1n) is 6.16. The van der Waals surface area contributed by atoms with Crippen LogP contribution in [-0.4, -0.2) is 38.3 Å². The van der Waals surface area contributed by atoms with Gasteiger partial charge in [-0.3, -0.25) is 9.52 Å².